The lowest BCUT2D eigenvalue weighted by molar-refractivity contribution is -0.123. The third kappa shape index (κ3) is 5.50. The van der Waals surface area contributed by atoms with Gasteiger partial charge in [0.25, 0.3) is 5.91 Å². The molecule has 0 aromatic heterocycles. The minimum Gasteiger partial charge on any atom is -0.497 e. The zero-order valence-corrected chi connectivity index (χ0v) is 14.2. The van der Waals surface area contributed by atoms with Crippen LogP contribution in [-0.2, 0) is 4.79 Å². The molecular weight excluding hydrogens is 306 g/mol. The number of carbonyl (C=O) groups excluding carboxylic acids is 1. The number of nitrogens with one attached hydrogen (secondary N) is 1. The molecule has 0 aliphatic heterocycles. The molecule has 2 aromatic carbocycles. The van der Waals surface area contributed by atoms with Gasteiger partial charge >= 0.3 is 0 Å². The Morgan fingerprint density at radius 2 is 1.71 bits per heavy atom. The number of para-hydroxylation sites is 1. The van der Waals surface area contributed by atoms with Crippen molar-refractivity contribution >= 4 is 5.91 Å². The maximum Gasteiger partial charge on any atom is 0.258 e. The maximum absolute atomic E-state index is 11.9. The Morgan fingerprint density at radius 1 is 1.04 bits per heavy atom. The number of ether oxygens (including phenoxy) is 3. The fraction of sp³-hybridized carbons (Fsp3) is 0.316. The molecular formula is C19H23NO4. The standard InChI is InChI=1S/C19H23NO4/c1-14-6-4-5-7-18(14)24-12-15(2)20-19(21)13-23-17-10-8-16(22-3)9-11-17/h4-11,15H,12-13H2,1-3H3,(H,20,21)/t15-/m0/s1. The molecule has 0 saturated heterocycles. The zero-order chi connectivity index (χ0) is 17.4. The Kier molecular flexibility index (Phi) is 6.49. The summed E-state index contributed by atoms with van der Waals surface area (Å²) in [4.78, 5) is 11.9. The smallest absolute Gasteiger partial charge is 0.258 e. The second kappa shape index (κ2) is 8.82. The minimum atomic E-state index is -0.188. The van der Waals surface area contributed by atoms with E-state index in [1.165, 1.54) is 0 Å². The third-order valence-electron chi connectivity index (χ3n) is 3.42. The van der Waals surface area contributed by atoms with Gasteiger partial charge in [-0.2, -0.15) is 0 Å². The molecule has 5 heteroatoms. The molecule has 2 rings (SSSR count). The van der Waals surface area contributed by atoms with Crippen molar-refractivity contribution in [2.45, 2.75) is 19.9 Å². The molecule has 0 unspecified atom stereocenters. The van der Waals surface area contributed by atoms with Crippen LogP contribution in [0, 0.1) is 6.92 Å². The molecule has 0 aliphatic rings. The monoisotopic (exact) mass is 329 g/mol. The Hall–Kier alpha value is -2.69. The first kappa shape index (κ1) is 17.7. The highest BCUT2D eigenvalue weighted by Crippen LogP contribution is 2.17. The van der Waals surface area contributed by atoms with E-state index in [0.717, 1.165) is 17.1 Å². The molecule has 1 amide bonds. The van der Waals surface area contributed by atoms with Gasteiger partial charge in [0.1, 0.15) is 23.9 Å². The van der Waals surface area contributed by atoms with Crippen LogP contribution in [0.3, 0.4) is 0 Å². The topological polar surface area (TPSA) is 56.8 Å². The average Bonchev–Trinajstić information content (AvgIpc) is 2.59. The summed E-state index contributed by atoms with van der Waals surface area (Å²) in [6.07, 6.45) is 0. The number of hydrogen-bond acceptors (Lipinski definition) is 4. The molecule has 0 saturated carbocycles. The number of methoxy groups -OCH3 is 1. The van der Waals surface area contributed by atoms with E-state index >= 15 is 0 Å². The molecule has 2 aromatic rings. The summed E-state index contributed by atoms with van der Waals surface area (Å²) in [5, 5.41) is 2.85. The van der Waals surface area contributed by atoms with E-state index in [1.54, 1.807) is 31.4 Å². The predicted octanol–water partition coefficient (Wildman–Crippen LogP) is 2.97. The van der Waals surface area contributed by atoms with Crippen molar-refractivity contribution in [3.63, 3.8) is 0 Å². The molecule has 0 bridgehead atoms. The van der Waals surface area contributed by atoms with Crippen LogP contribution in [0.1, 0.15) is 12.5 Å². The summed E-state index contributed by atoms with van der Waals surface area (Å²) in [5.41, 5.74) is 1.07. The number of amides is 1. The van der Waals surface area contributed by atoms with E-state index in [9.17, 15) is 4.79 Å². The fourth-order valence-electron chi connectivity index (χ4n) is 2.11. The first-order valence-electron chi connectivity index (χ1n) is 7.83. The lowest BCUT2D eigenvalue weighted by Crippen LogP contribution is -2.39. The lowest BCUT2D eigenvalue weighted by Gasteiger charge is -2.16. The minimum absolute atomic E-state index is 0.0406. The van der Waals surface area contributed by atoms with Crippen LogP contribution in [0.2, 0.25) is 0 Å². The van der Waals surface area contributed by atoms with Crippen molar-refractivity contribution < 1.29 is 19.0 Å². The number of hydrogen-bond donors (Lipinski definition) is 1. The first-order chi connectivity index (χ1) is 11.6. The summed E-state index contributed by atoms with van der Waals surface area (Å²) in [7, 11) is 1.60. The Labute approximate surface area is 142 Å². The third-order valence-corrected chi connectivity index (χ3v) is 3.42. The van der Waals surface area contributed by atoms with Gasteiger partial charge < -0.3 is 19.5 Å². The largest absolute Gasteiger partial charge is 0.497 e. The van der Waals surface area contributed by atoms with Gasteiger partial charge in [-0.05, 0) is 49.7 Å². The summed E-state index contributed by atoms with van der Waals surface area (Å²) in [6, 6.07) is 14.8. The molecule has 0 fully saturated rings. The van der Waals surface area contributed by atoms with Crippen molar-refractivity contribution in [3.8, 4) is 17.2 Å². The number of rotatable bonds is 8. The molecule has 5 nitrogen and oxygen atoms in total. The number of benzene rings is 2. The zero-order valence-electron chi connectivity index (χ0n) is 14.2. The summed E-state index contributed by atoms with van der Waals surface area (Å²) in [5.74, 6) is 2.00. The fourth-order valence-corrected chi connectivity index (χ4v) is 2.11. The molecule has 0 spiro atoms. The summed E-state index contributed by atoms with van der Waals surface area (Å²) < 4.78 is 16.2. The summed E-state index contributed by atoms with van der Waals surface area (Å²) in [6.45, 7) is 4.24. The molecule has 1 atom stereocenters. The van der Waals surface area contributed by atoms with Gasteiger partial charge in [0, 0.05) is 0 Å². The number of aryl methyl sites for hydroxylation is 1. The van der Waals surface area contributed by atoms with Crippen LogP contribution in [0.5, 0.6) is 17.2 Å². The van der Waals surface area contributed by atoms with Gasteiger partial charge in [0.2, 0.25) is 0 Å². The van der Waals surface area contributed by atoms with Crippen molar-refractivity contribution in [1.82, 2.24) is 5.32 Å². The Balaban J connectivity index is 1.72. The number of carbonyl (C=O) groups is 1. The Morgan fingerprint density at radius 3 is 2.38 bits per heavy atom. The normalized spacial score (nSPS) is 11.5. The van der Waals surface area contributed by atoms with Crippen molar-refractivity contribution in [2.75, 3.05) is 20.3 Å². The highest BCUT2D eigenvalue weighted by molar-refractivity contribution is 5.77. The van der Waals surface area contributed by atoms with E-state index in [2.05, 4.69) is 5.32 Å². The van der Waals surface area contributed by atoms with Crippen LogP contribution in [0.4, 0.5) is 0 Å². The van der Waals surface area contributed by atoms with Gasteiger partial charge in [-0.1, -0.05) is 18.2 Å². The van der Waals surface area contributed by atoms with Gasteiger partial charge in [-0.25, -0.2) is 0 Å². The quantitative estimate of drug-likeness (QED) is 0.809. The van der Waals surface area contributed by atoms with E-state index in [0.29, 0.717) is 12.4 Å². The molecule has 0 aliphatic carbocycles. The van der Waals surface area contributed by atoms with Crippen molar-refractivity contribution in [2.24, 2.45) is 0 Å². The summed E-state index contributed by atoms with van der Waals surface area (Å²) >= 11 is 0. The second-order valence-electron chi connectivity index (χ2n) is 5.51. The maximum atomic E-state index is 11.9. The van der Waals surface area contributed by atoms with Crippen LogP contribution in [0.25, 0.3) is 0 Å². The van der Waals surface area contributed by atoms with Crippen molar-refractivity contribution in [3.05, 3.63) is 54.1 Å². The lowest BCUT2D eigenvalue weighted by atomic mass is 10.2. The van der Waals surface area contributed by atoms with E-state index in [1.807, 2.05) is 38.1 Å². The van der Waals surface area contributed by atoms with Crippen molar-refractivity contribution in [1.29, 1.82) is 0 Å². The highest BCUT2D eigenvalue weighted by Gasteiger charge is 2.09. The van der Waals surface area contributed by atoms with Crippen LogP contribution in [0.15, 0.2) is 48.5 Å². The average molecular weight is 329 g/mol. The van der Waals surface area contributed by atoms with Crippen LogP contribution in [-0.4, -0.2) is 32.3 Å². The molecule has 128 valence electrons. The van der Waals surface area contributed by atoms with E-state index in [-0.39, 0.29) is 18.6 Å². The molecule has 24 heavy (non-hydrogen) atoms. The van der Waals surface area contributed by atoms with E-state index in [4.69, 9.17) is 14.2 Å². The van der Waals surface area contributed by atoms with Gasteiger partial charge in [-0.15, -0.1) is 0 Å². The van der Waals surface area contributed by atoms with Crippen LogP contribution >= 0.6 is 0 Å². The van der Waals surface area contributed by atoms with Crippen LogP contribution < -0.4 is 19.5 Å². The predicted molar refractivity (Wildman–Crippen MR) is 92.8 cm³/mol. The van der Waals surface area contributed by atoms with E-state index < -0.39 is 0 Å². The molecule has 1 N–H and O–H groups in total. The molecule has 0 heterocycles. The first-order valence-corrected chi connectivity index (χ1v) is 7.83. The SMILES string of the molecule is COc1ccc(OCC(=O)N[C@@H](C)COc2ccccc2C)cc1. The Bertz CT molecular complexity index is 655. The highest BCUT2D eigenvalue weighted by atomic mass is 16.5. The second-order valence-corrected chi connectivity index (χ2v) is 5.51. The van der Waals surface area contributed by atoms with Gasteiger partial charge in [-0.3, -0.25) is 4.79 Å². The van der Waals surface area contributed by atoms with Gasteiger partial charge in [0.15, 0.2) is 6.61 Å². The molecule has 0 radical (unpaired) electrons. The van der Waals surface area contributed by atoms with Gasteiger partial charge in [0.05, 0.1) is 13.2 Å².